The first kappa shape index (κ1) is 25.0. The van der Waals surface area contributed by atoms with Crippen molar-refractivity contribution in [2.45, 2.75) is 57.8 Å². The predicted octanol–water partition coefficient (Wildman–Crippen LogP) is 4.47. The normalized spacial score (nSPS) is 17.6. The molecule has 30 heavy (non-hydrogen) atoms. The summed E-state index contributed by atoms with van der Waals surface area (Å²) in [5.74, 6) is -1.60. The van der Waals surface area contributed by atoms with Crippen molar-refractivity contribution >= 4 is 6.09 Å². The highest BCUT2D eigenvalue weighted by molar-refractivity contribution is 5.68. The van der Waals surface area contributed by atoms with E-state index in [1.54, 1.807) is 12.4 Å². The number of aliphatic hydroxyl groups excluding tert-OH is 1. The second-order valence-electron chi connectivity index (χ2n) is 7.39. The molecule has 0 unspecified atom stereocenters. The first-order valence-corrected chi connectivity index (χ1v) is 9.39. The molecule has 3 rings (SSSR count). The van der Waals surface area contributed by atoms with Gasteiger partial charge in [-0.15, -0.1) is 12.8 Å². The van der Waals surface area contributed by atoms with Crippen LogP contribution in [0.1, 0.15) is 63.6 Å². The summed E-state index contributed by atoms with van der Waals surface area (Å²) in [5.41, 5.74) is 0.633. The summed E-state index contributed by atoms with van der Waals surface area (Å²) in [6.45, 7) is 5.45. The fourth-order valence-corrected chi connectivity index (χ4v) is 2.70. The van der Waals surface area contributed by atoms with Gasteiger partial charge < -0.3 is 15.2 Å². The first-order valence-electron chi connectivity index (χ1n) is 9.39. The maximum atomic E-state index is 11.9. The number of ether oxygens (including phenoxy) is 1. The number of aromatic nitrogens is 2. The highest BCUT2D eigenvalue weighted by Crippen LogP contribution is 2.31. The number of carbonyl (C=O) groups excluding carboxylic acids is 1. The molecule has 1 heterocycles. The van der Waals surface area contributed by atoms with Crippen LogP contribution in [0.3, 0.4) is 0 Å². The standard InChI is InChI=1S/C14H21N3O3.C6H4F2.C2H2/c1-14(2,3)20-13(19)17-9-5-4-6-10(18)12-11(9)15-7-8-16-12;7-5-3-1-2-4-6(5)8;1-2/h7-10,18H,4-6H2,1-3H3,(H,17,19);1-4H;1-2H/t9-,10+;;/m0../s1. The maximum absolute atomic E-state index is 11.9. The largest absolute Gasteiger partial charge is 0.444 e. The van der Waals surface area contributed by atoms with Gasteiger partial charge in [-0.25, -0.2) is 13.6 Å². The van der Waals surface area contributed by atoms with Gasteiger partial charge in [-0.3, -0.25) is 9.97 Å². The summed E-state index contributed by atoms with van der Waals surface area (Å²) < 4.78 is 29.1. The van der Waals surface area contributed by atoms with E-state index in [9.17, 15) is 18.7 Å². The quantitative estimate of drug-likeness (QED) is 0.526. The Balaban J connectivity index is 0.000000375. The number of terminal acetylenes is 1. The lowest BCUT2D eigenvalue weighted by Crippen LogP contribution is -2.35. The van der Waals surface area contributed by atoms with Crippen LogP contribution < -0.4 is 5.32 Å². The molecular formula is C22H27F2N3O3. The fourth-order valence-electron chi connectivity index (χ4n) is 2.70. The second-order valence-corrected chi connectivity index (χ2v) is 7.39. The summed E-state index contributed by atoms with van der Waals surface area (Å²) in [6, 6.07) is 4.77. The third-order valence-corrected chi connectivity index (χ3v) is 3.89. The molecule has 0 radical (unpaired) electrons. The topological polar surface area (TPSA) is 84.3 Å². The number of halogens is 2. The summed E-state index contributed by atoms with van der Waals surface area (Å²) in [7, 11) is 0. The van der Waals surface area contributed by atoms with Crippen molar-refractivity contribution in [1.82, 2.24) is 15.3 Å². The molecule has 0 aliphatic heterocycles. The molecule has 2 aromatic rings. The maximum Gasteiger partial charge on any atom is 0.408 e. The van der Waals surface area contributed by atoms with Gasteiger partial charge in [-0.05, 0) is 52.2 Å². The molecule has 162 valence electrons. The third-order valence-electron chi connectivity index (χ3n) is 3.89. The fraction of sp³-hybridized carbons (Fsp3) is 0.409. The van der Waals surface area contributed by atoms with Crippen LogP contribution in [0, 0.1) is 24.5 Å². The molecule has 1 aromatic heterocycles. The van der Waals surface area contributed by atoms with Crippen molar-refractivity contribution in [2.24, 2.45) is 0 Å². The van der Waals surface area contributed by atoms with E-state index in [0.29, 0.717) is 24.2 Å². The smallest absolute Gasteiger partial charge is 0.408 e. The number of rotatable bonds is 1. The number of amides is 1. The Kier molecular flexibility index (Phi) is 9.85. The van der Waals surface area contributed by atoms with Crippen LogP contribution in [0.15, 0.2) is 36.7 Å². The molecule has 1 aliphatic carbocycles. The molecule has 8 heteroatoms. The van der Waals surface area contributed by atoms with Crippen LogP contribution in [0.5, 0.6) is 0 Å². The van der Waals surface area contributed by atoms with Gasteiger partial charge in [-0.2, -0.15) is 0 Å². The molecule has 2 atom stereocenters. The van der Waals surface area contributed by atoms with Crippen LogP contribution in [0.25, 0.3) is 0 Å². The van der Waals surface area contributed by atoms with E-state index in [1.807, 2.05) is 20.8 Å². The van der Waals surface area contributed by atoms with E-state index in [0.717, 1.165) is 18.6 Å². The number of benzene rings is 1. The van der Waals surface area contributed by atoms with E-state index in [-0.39, 0.29) is 6.04 Å². The Morgan fingerprint density at radius 2 is 1.63 bits per heavy atom. The number of hydrogen-bond donors (Lipinski definition) is 2. The highest BCUT2D eigenvalue weighted by atomic mass is 19.2. The predicted molar refractivity (Wildman–Crippen MR) is 109 cm³/mol. The highest BCUT2D eigenvalue weighted by Gasteiger charge is 2.28. The van der Waals surface area contributed by atoms with Crippen molar-refractivity contribution in [3.8, 4) is 12.8 Å². The van der Waals surface area contributed by atoms with Gasteiger partial charge in [-0.1, -0.05) is 12.1 Å². The van der Waals surface area contributed by atoms with Crippen LogP contribution in [0.4, 0.5) is 13.6 Å². The van der Waals surface area contributed by atoms with Gasteiger partial charge in [0.15, 0.2) is 11.6 Å². The molecule has 6 nitrogen and oxygen atoms in total. The van der Waals surface area contributed by atoms with Crippen LogP contribution in [0.2, 0.25) is 0 Å². The molecular weight excluding hydrogens is 392 g/mol. The molecule has 0 saturated carbocycles. The van der Waals surface area contributed by atoms with Gasteiger partial charge in [0.1, 0.15) is 5.60 Å². The van der Waals surface area contributed by atoms with Crippen LogP contribution in [-0.2, 0) is 4.74 Å². The van der Waals surface area contributed by atoms with Gasteiger partial charge >= 0.3 is 6.09 Å². The number of carbonyl (C=O) groups is 1. The number of fused-ring (bicyclic) bond motifs is 1. The summed E-state index contributed by atoms with van der Waals surface area (Å²) in [6.07, 6.45) is 12.2. The number of hydrogen-bond acceptors (Lipinski definition) is 5. The van der Waals surface area contributed by atoms with Crippen LogP contribution in [-0.4, -0.2) is 26.8 Å². The Morgan fingerprint density at radius 1 is 1.10 bits per heavy atom. The van der Waals surface area contributed by atoms with E-state index in [1.165, 1.54) is 12.1 Å². The lowest BCUT2D eigenvalue weighted by molar-refractivity contribution is 0.0499. The minimum atomic E-state index is -0.799. The zero-order chi connectivity index (χ0) is 22.7. The Hall–Kier alpha value is -3.05. The summed E-state index contributed by atoms with van der Waals surface area (Å²) >= 11 is 0. The molecule has 0 saturated heterocycles. The van der Waals surface area contributed by atoms with Crippen molar-refractivity contribution in [3.05, 3.63) is 59.7 Å². The van der Waals surface area contributed by atoms with E-state index < -0.39 is 29.4 Å². The van der Waals surface area contributed by atoms with Crippen molar-refractivity contribution in [3.63, 3.8) is 0 Å². The minimum Gasteiger partial charge on any atom is -0.444 e. The first-order chi connectivity index (χ1) is 14.2. The Morgan fingerprint density at radius 3 is 2.13 bits per heavy atom. The number of aliphatic hydroxyl groups is 1. The average Bonchev–Trinajstić information content (AvgIpc) is 2.84. The van der Waals surface area contributed by atoms with Gasteiger partial charge in [0, 0.05) is 12.4 Å². The molecule has 1 amide bonds. The zero-order valence-electron chi connectivity index (χ0n) is 17.3. The lowest BCUT2D eigenvalue weighted by atomic mass is 10.1. The van der Waals surface area contributed by atoms with Gasteiger partial charge in [0.2, 0.25) is 0 Å². The van der Waals surface area contributed by atoms with E-state index in [2.05, 4.69) is 28.1 Å². The molecule has 1 aromatic carbocycles. The van der Waals surface area contributed by atoms with Gasteiger partial charge in [0.05, 0.1) is 23.5 Å². The SMILES string of the molecule is C#C.CC(C)(C)OC(=O)N[C@H]1CCC[C@@H](O)c2nccnc21.Fc1ccccc1F. The number of nitrogens with one attached hydrogen (secondary N) is 1. The van der Waals surface area contributed by atoms with E-state index >= 15 is 0 Å². The number of nitrogens with zero attached hydrogens (tertiary/aromatic N) is 2. The Labute approximate surface area is 175 Å². The molecule has 0 bridgehead atoms. The van der Waals surface area contributed by atoms with Crippen LogP contribution >= 0.6 is 0 Å². The zero-order valence-corrected chi connectivity index (χ0v) is 17.3. The minimum absolute atomic E-state index is 0.273. The summed E-state index contributed by atoms with van der Waals surface area (Å²) in [5, 5.41) is 12.9. The van der Waals surface area contributed by atoms with Crippen molar-refractivity contribution in [1.29, 1.82) is 0 Å². The second kappa shape index (κ2) is 11.8. The third kappa shape index (κ3) is 8.13. The van der Waals surface area contributed by atoms with E-state index in [4.69, 9.17) is 4.74 Å². The average molecular weight is 419 g/mol. The molecule has 0 fully saturated rings. The lowest BCUT2D eigenvalue weighted by Gasteiger charge is -2.23. The van der Waals surface area contributed by atoms with Crippen molar-refractivity contribution in [2.75, 3.05) is 0 Å². The molecule has 2 N–H and O–H groups in total. The monoisotopic (exact) mass is 419 g/mol. The molecule has 0 spiro atoms. The Bertz CT molecular complexity index is 817. The summed E-state index contributed by atoms with van der Waals surface area (Å²) in [4.78, 5) is 20.3. The molecule has 1 aliphatic rings. The van der Waals surface area contributed by atoms with Crippen molar-refractivity contribution < 1.29 is 23.4 Å². The number of alkyl carbamates (subject to hydrolysis) is 1. The van der Waals surface area contributed by atoms with Gasteiger partial charge in [0.25, 0.3) is 0 Å².